The highest BCUT2D eigenvalue weighted by atomic mass is 35.5. The number of fused-ring (bicyclic) bond motifs is 2. The van der Waals surface area contributed by atoms with Gasteiger partial charge in [0.2, 0.25) is 10.0 Å². The van der Waals surface area contributed by atoms with Gasteiger partial charge in [0.15, 0.2) is 0 Å². The maximum atomic E-state index is 12.4. The predicted octanol–water partition coefficient (Wildman–Crippen LogP) is 3.44. The van der Waals surface area contributed by atoms with Crippen LogP contribution >= 0.6 is 11.6 Å². The first-order valence-electron chi connectivity index (χ1n) is 7.23. The average Bonchev–Trinajstić information content (AvgIpc) is 3.01. The second kappa shape index (κ2) is 5.32. The Bertz CT molecular complexity index is 584. The molecule has 5 heteroatoms. The number of rotatable bonds is 4. The van der Waals surface area contributed by atoms with Crippen molar-refractivity contribution in [2.75, 3.05) is 0 Å². The Balaban J connectivity index is 1.71. The normalized spacial score (nSPS) is 30.6. The van der Waals surface area contributed by atoms with Crippen molar-refractivity contribution in [3.63, 3.8) is 0 Å². The van der Waals surface area contributed by atoms with Crippen molar-refractivity contribution < 1.29 is 8.42 Å². The quantitative estimate of drug-likeness (QED) is 0.925. The molecule has 110 valence electrons. The summed E-state index contributed by atoms with van der Waals surface area (Å²) in [5, 5.41) is 0.546. The van der Waals surface area contributed by atoms with Crippen LogP contribution in [0.2, 0.25) is 5.02 Å². The molecule has 1 N–H and O–H groups in total. The van der Waals surface area contributed by atoms with Gasteiger partial charge in [0.25, 0.3) is 0 Å². The molecule has 0 spiro atoms. The zero-order chi connectivity index (χ0) is 14.3. The minimum absolute atomic E-state index is 0.00554. The van der Waals surface area contributed by atoms with E-state index in [9.17, 15) is 8.42 Å². The minimum atomic E-state index is -3.44. The molecule has 0 aliphatic heterocycles. The molecule has 2 bridgehead atoms. The van der Waals surface area contributed by atoms with Crippen molar-refractivity contribution in [1.82, 2.24) is 4.72 Å². The fourth-order valence-electron chi connectivity index (χ4n) is 3.92. The Morgan fingerprint density at radius 2 is 1.90 bits per heavy atom. The fourth-order valence-corrected chi connectivity index (χ4v) is 5.34. The maximum Gasteiger partial charge on any atom is 0.240 e. The predicted molar refractivity (Wildman–Crippen MR) is 80.2 cm³/mol. The molecule has 1 aromatic rings. The van der Waals surface area contributed by atoms with E-state index in [-0.39, 0.29) is 10.9 Å². The van der Waals surface area contributed by atoms with E-state index in [2.05, 4.69) is 4.72 Å². The van der Waals surface area contributed by atoms with E-state index in [1.165, 1.54) is 25.7 Å². The summed E-state index contributed by atoms with van der Waals surface area (Å²) in [6.45, 7) is 2.00. The van der Waals surface area contributed by atoms with E-state index in [0.29, 0.717) is 16.9 Å². The standard InChI is InChI=1S/C15H20ClNO2S/c1-10(15-9-11-2-3-12(15)8-11)17-20(18,19)14-6-4-13(16)5-7-14/h4-7,10-12,15,17H,2-3,8-9H2,1H3. The Morgan fingerprint density at radius 1 is 1.20 bits per heavy atom. The summed E-state index contributed by atoms with van der Waals surface area (Å²) >= 11 is 5.80. The molecule has 2 aliphatic rings. The molecule has 20 heavy (non-hydrogen) atoms. The average molecular weight is 314 g/mol. The van der Waals surface area contributed by atoms with Crippen molar-refractivity contribution in [2.24, 2.45) is 17.8 Å². The van der Waals surface area contributed by atoms with E-state index in [1.54, 1.807) is 24.3 Å². The van der Waals surface area contributed by atoms with Crippen LogP contribution < -0.4 is 4.72 Å². The highest BCUT2D eigenvalue weighted by Gasteiger charge is 2.42. The lowest BCUT2D eigenvalue weighted by Crippen LogP contribution is -2.40. The van der Waals surface area contributed by atoms with Gasteiger partial charge in [0.05, 0.1) is 4.90 Å². The third kappa shape index (κ3) is 2.74. The summed E-state index contributed by atoms with van der Waals surface area (Å²) in [5.74, 6) is 2.03. The Hall–Kier alpha value is -0.580. The maximum absolute atomic E-state index is 12.4. The van der Waals surface area contributed by atoms with Crippen LogP contribution in [-0.4, -0.2) is 14.5 Å². The number of benzene rings is 1. The summed E-state index contributed by atoms with van der Waals surface area (Å²) in [5.41, 5.74) is 0. The van der Waals surface area contributed by atoms with Crippen LogP contribution in [0, 0.1) is 17.8 Å². The lowest BCUT2D eigenvalue weighted by molar-refractivity contribution is 0.280. The van der Waals surface area contributed by atoms with Crippen LogP contribution in [0.3, 0.4) is 0 Å². The molecular weight excluding hydrogens is 294 g/mol. The Kier molecular flexibility index (Phi) is 3.82. The van der Waals surface area contributed by atoms with Crippen molar-refractivity contribution >= 4 is 21.6 Å². The van der Waals surface area contributed by atoms with Crippen molar-refractivity contribution in [3.8, 4) is 0 Å². The van der Waals surface area contributed by atoms with E-state index in [0.717, 1.165) is 5.92 Å². The number of hydrogen-bond acceptors (Lipinski definition) is 2. The SMILES string of the molecule is CC(NS(=O)(=O)c1ccc(Cl)cc1)C1CC2CCC1C2. The summed E-state index contributed by atoms with van der Waals surface area (Å²) in [7, 11) is -3.44. The van der Waals surface area contributed by atoms with Gasteiger partial charge < -0.3 is 0 Å². The van der Waals surface area contributed by atoms with Gasteiger partial charge in [0, 0.05) is 11.1 Å². The summed E-state index contributed by atoms with van der Waals surface area (Å²) in [6, 6.07) is 6.33. The largest absolute Gasteiger partial charge is 0.240 e. The lowest BCUT2D eigenvalue weighted by Gasteiger charge is -2.28. The summed E-state index contributed by atoms with van der Waals surface area (Å²) in [4.78, 5) is 0.289. The first kappa shape index (κ1) is 14.4. The lowest BCUT2D eigenvalue weighted by atomic mass is 9.84. The first-order valence-corrected chi connectivity index (χ1v) is 9.10. The zero-order valence-electron chi connectivity index (χ0n) is 11.5. The zero-order valence-corrected chi connectivity index (χ0v) is 13.1. The molecule has 2 saturated carbocycles. The number of sulfonamides is 1. The summed E-state index contributed by atoms with van der Waals surface area (Å²) in [6.07, 6.45) is 5.06. The van der Waals surface area contributed by atoms with Gasteiger partial charge in [-0.15, -0.1) is 0 Å². The van der Waals surface area contributed by atoms with Crippen LogP contribution in [0.5, 0.6) is 0 Å². The van der Waals surface area contributed by atoms with Crippen molar-refractivity contribution in [3.05, 3.63) is 29.3 Å². The Labute approximate surface area is 125 Å². The van der Waals surface area contributed by atoms with Gasteiger partial charge in [-0.05, 0) is 68.2 Å². The topological polar surface area (TPSA) is 46.2 Å². The monoisotopic (exact) mass is 313 g/mol. The molecule has 2 fully saturated rings. The third-order valence-corrected chi connectivity index (χ3v) is 6.73. The molecule has 4 atom stereocenters. The summed E-state index contributed by atoms with van der Waals surface area (Å²) < 4.78 is 27.6. The van der Waals surface area contributed by atoms with Crippen molar-refractivity contribution in [1.29, 1.82) is 0 Å². The van der Waals surface area contributed by atoms with Crippen LogP contribution in [0.1, 0.15) is 32.6 Å². The molecule has 0 aromatic heterocycles. The molecule has 0 radical (unpaired) electrons. The molecule has 0 amide bonds. The molecule has 0 heterocycles. The van der Waals surface area contributed by atoms with Gasteiger partial charge in [-0.1, -0.05) is 18.0 Å². The number of hydrogen-bond donors (Lipinski definition) is 1. The first-order chi connectivity index (χ1) is 9.45. The van der Waals surface area contributed by atoms with Crippen LogP contribution in [0.4, 0.5) is 0 Å². The number of nitrogens with one attached hydrogen (secondary N) is 1. The fraction of sp³-hybridized carbons (Fsp3) is 0.600. The molecule has 3 rings (SSSR count). The van der Waals surface area contributed by atoms with Gasteiger partial charge in [0.1, 0.15) is 0 Å². The second-order valence-electron chi connectivity index (χ2n) is 6.20. The van der Waals surface area contributed by atoms with Gasteiger partial charge in [-0.25, -0.2) is 13.1 Å². The van der Waals surface area contributed by atoms with Crippen LogP contribution in [-0.2, 0) is 10.0 Å². The van der Waals surface area contributed by atoms with E-state index < -0.39 is 10.0 Å². The molecule has 4 unspecified atom stereocenters. The van der Waals surface area contributed by atoms with E-state index in [4.69, 9.17) is 11.6 Å². The highest BCUT2D eigenvalue weighted by Crippen LogP contribution is 2.49. The van der Waals surface area contributed by atoms with Crippen molar-refractivity contribution in [2.45, 2.75) is 43.5 Å². The second-order valence-corrected chi connectivity index (χ2v) is 8.35. The molecule has 3 nitrogen and oxygen atoms in total. The molecule has 2 aliphatic carbocycles. The molecular formula is C15H20ClNO2S. The third-order valence-electron chi connectivity index (χ3n) is 4.90. The van der Waals surface area contributed by atoms with Gasteiger partial charge in [-0.3, -0.25) is 0 Å². The van der Waals surface area contributed by atoms with Gasteiger partial charge in [-0.2, -0.15) is 0 Å². The van der Waals surface area contributed by atoms with Crippen LogP contribution in [0.15, 0.2) is 29.2 Å². The molecule has 1 aromatic carbocycles. The van der Waals surface area contributed by atoms with E-state index >= 15 is 0 Å². The smallest absolute Gasteiger partial charge is 0.208 e. The Morgan fingerprint density at radius 3 is 2.45 bits per heavy atom. The van der Waals surface area contributed by atoms with Gasteiger partial charge >= 0.3 is 0 Å². The minimum Gasteiger partial charge on any atom is -0.208 e. The molecule has 0 saturated heterocycles. The van der Waals surface area contributed by atoms with Crippen LogP contribution in [0.25, 0.3) is 0 Å². The number of halogens is 1. The highest BCUT2D eigenvalue weighted by molar-refractivity contribution is 7.89. The van der Waals surface area contributed by atoms with E-state index in [1.807, 2.05) is 6.92 Å².